The summed E-state index contributed by atoms with van der Waals surface area (Å²) in [6, 6.07) is 18.6. The average molecular weight is 420 g/mol. The molecular weight excluding hydrogens is 394 g/mol. The van der Waals surface area contributed by atoms with Crippen molar-refractivity contribution in [3.63, 3.8) is 0 Å². The summed E-state index contributed by atoms with van der Waals surface area (Å²) in [7, 11) is 1.97. The van der Waals surface area contributed by atoms with Gasteiger partial charge in [-0.15, -0.1) is 11.3 Å². The van der Waals surface area contributed by atoms with E-state index >= 15 is 0 Å². The summed E-state index contributed by atoms with van der Waals surface area (Å²) < 4.78 is 9.03. The van der Waals surface area contributed by atoms with Crippen LogP contribution in [-0.2, 0) is 20.0 Å². The van der Waals surface area contributed by atoms with Gasteiger partial charge in [-0.3, -0.25) is 9.58 Å². The predicted octanol–water partition coefficient (Wildman–Crippen LogP) is 4.10. The van der Waals surface area contributed by atoms with Crippen LogP contribution >= 0.6 is 11.3 Å². The first kappa shape index (κ1) is 19.3. The number of hydrogen-bond donors (Lipinski definition) is 1. The first-order chi connectivity index (χ1) is 14.7. The van der Waals surface area contributed by atoms with E-state index in [1.54, 1.807) is 11.3 Å². The van der Waals surface area contributed by atoms with E-state index in [2.05, 4.69) is 51.8 Å². The van der Waals surface area contributed by atoms with Gasteiger partial charge in [-0.05, 0) is 41.1 Å². The van der Waals surface area contributed by atoms with Crippen LogP contribution in [0.4, 0.5) is 0 Å². The van der Waals surface area contributed by atoms with Gasteiger partial charge in [-0.25, -0.2) is 0 Å². The molecule has 5 rings (SSSR count). The number of aliphatic hydroxyl groups is 1. The van der Waals surface area contributed by atoms with E-state index in [-0.39, 0.29) is 6.61 Å². The highest BCUT2D eigenvalue weighted by atomic mass is 32.1. The van der Waals surface area contributed by atoms with Crippen LogP contribution < -0.4 is 4.74 Å². The molecule has 0 saturated carbocycles. The van der Waals surface area contributed by atoms with Crippen molar-refractivity contribution in [3.05, 3.63) is 71.1 Å². The lowest BCUT2D eigenvalue weighted by Gasteiger charge is -2.30. The third-order valence-electron chi connectivity index (χ3n) is 5.69. The van der Waals surface area contributed by atoms with Gasteiger partial charge < -0.3 is 9.84 Å². The largest absolute Gasteiger partial charge is 0.491 e. The summed E-state index contributed by atoms with van der Waals surface area (Å²) in [5, 5.41) is 17.3. The second-order valence-corrected chi connectivity index (χ2v) is 8.77. The highest BCUT2D eigenvalue weighted by Gasteiger charge is 2.19. The molecule has 154 valence electrons. The first-order valence-electron chi connectivity index (χ1n) is 10.3. The number of thiophene rings is 1. The number of β-amino-alcohol motifs (C(OH)–C–C–N with tert-alkyl or cyclic N) is 1. The summed E-state index contributed by atoms with van der Waals surface area (Å²) in [5.41, 5.74) is 5.92. The molecule has 3 heterocycles. The van der Waals surface area contributed by atoms with E-state index in [0.717, 1.165) is 42.0 Å². The van der Waals surface area contributed by atoms with E-state index in [0.29, 0.717) is 6.54 Å². The summed E-state index contributed by atoms with van der Waals surface area (Å²) in [4.78, 5) is 2.30. The number of aliphatic hydroxyl groups excluding tert-OH is 1. The fourth-order valence-electron chi connectivity index (χ4n) is 4.16. The van der Waals surface area contributed by atoms with E-state index in [1.165, 1.54) is 15.8 Å². The smallest absolute Gasteiger partial charge is 0.120 e. The van der Waals surface area contributed by atoms with Crippen molar-refractivity contribution in [1.29, 1.82) is 0 Å². The van der Waals surface area contributed by atoms with E-state index in [1.807, 2.05) is 29.9 Å². The van der Waals surface area contributed by atoms with E-state index in [4.69, 9.17) is 4.74 Å². The molecule has 0 fully saturated rings. The van der Waals surface area contributed by atoms with Gasteiger partial charge in [-0.1, -0.05) is 36.4 Å². The molecule has 6 heteroatoms. The van der Waals surface area contributed by atoms with Crippen LogP contribution in [0.3, 0.4) is 0 Å². The quantitative estimate of drug-likeness (QED) is 0.511. The van der Waals surface area contributed by atoms with Gasteiger partial charge >= 0.3 is 0 Å². The Morgan fingerprint density at radius 1 is 1.13 bits per heavy atom. The summed E-state index contributed by atoms with van der Waals surface area (Å²) >= 11 is 1.70. The Kier molecular flexibility index (Phi) is 5.29. The van der Waals surface area contributed by atoms with Gasteiger partial charge in [-0.2, -0.15) is 5.10 Å². The molecule has 2 aromatic carbocycles. The van der Waals surface area contributed by atoms with Crippen LogP contribution in [0, 0.1) is 0 Å². The topological polar surface area (TPSA) is 50.5 Å². The van der Waals surface area contributed by atoms with Crippen molar-refractivity contribution in [3.8, 4) is 17.0 Å². The van der Waals surface area contributed by atoms with E-state index in [9.17, 15) is 5.11 Å². The van der Waals surface area contributed by atoms with Gasteiger partial charge in [0.1, 0.15) is 24.2 Å². The monoisotopic (exact) mass is 419 g/mol. The molecule has 4 aromatic rings. The number of hydrogen-bond acceptors (Lipinski definition) is 5. The molecule has 0 spiro atoms. The van der Waals surface area contributed by atoms with Gasteiger partial charge in [0.25, 0.3) is 0 Å². The zero-order valence-electron chi connectivity index (χ0n) is 17.0. The van der Waals surface area contributed by atoms with Gasteiger partial charge in [0.15, 0.2) is 0 Å². The normalized spacial score (nSPS) is 15.3. The second-order valence-electron chi connectivity index (χ2n) is 7.85. The summed E-state index contributed by atoms with van der Waals surface area (Å²) in [6.45, 7) is 2.75. The molecule has 1 aliphatic heterocycles. The molecular formula is C24H25N3O2S. The zero-order valence-corrected chi connectivity index (χ0v) is 17.8. The molecule has 0 saturated heterocycles. The molecule has 1 atom stereocenters. The lowest BCUT2D eigenvalue weighted by molar-refractivity contribution is 0.0638. The Balaban J connectivity index is 1.22. The Morgan fingerprint density at radius 3 is 2.90 bits per heavy atom. The van der Waals surface area contributed by atoms with Crippen molar-refractivity contribution < 1.29 is 9.84 Å². The molecule has 2 aromatic heterocycles. The van der Waals surface area contributed by atoms with Crippen LogP contribution in [0.15, 0.2) is 60.0 Å². The minimum absolute atomic E-state index is 0.276. The van der Waals surface area contributed by atoms with Crippen LogP contribution in [-0.4, -0.2) is 45.6 Å². The Labute approximate surface area is 180 Å². The number of ether oxygens (including phenoxy) is 1. The maximum atomic E-state index is 10.5. The Morgan fingerprint density at radius 2 is 2.00 bits per heavy atom. The highest BCUT2D eigenvalue weighted by Crippen LogP contribution is 2.33. The van der Waals surface area contributed by atoms with Crippen LogP contribution in [0.1, 0.15) is 11.1 Å². The van der Waals surface area contributed by atoms with Gasteiger partial charge in [0.2, 0.25) is 0 Å². The SMILES string of the molecule is Cn1nc(-c2cccc(OC[C@H](O)CN3CCc4ccccc4C3)c2)c2sccc21. The molecule has 1 aliphatic rings. The summed E-state index contributed by atoms with van der Waals surface area (Å²) in [5.74, 6) is 0.755. The third-order valence-corrected chi connectivity index (χ3v) is 6.60. The fraction of sp³-hybridized carbons (Fsp3) is 0.292. The minimum Gasteiger partial charge on any atom is -0.491 e. The highest BCUT2D eigenvalue weighted by molar-refractivity contribution is 7.17. The molecule has 0 unspecified atom stereocenters. The Hall–Kier alpha value is -2.67. The molecule has 5 nitrogen and oxygen atoms in total. The Bertz CT molecular complexity index is 1170. The number of fused-ring (bicyclic) bond motifs is 2. The van der Waals surface area contributed by atoms with Crippen LogP contribution in [0.5, 0.6) is 5.75 Å². The molecule has 0 aliphatic carbocycles. The number of benzene rings is 2. The molecule has 1 N–H and O–H groups in total. The lowest BCUT2D eigenvalue weighted by atomic mass is 10.00. The van der Waals surface area contributed by atoms with Crippen molar-refractivity contribution in [2.75, 3.05) is 19.7 Å². The maximum Gasteiger partial charge on any atom is 0.120 e. The number of aryl methyl sites for hydroxylation is 1. The maximum absolute atomic E-state index is 10.5. The standard InChI is InChI=1S/C24H25N3O2S/c1-26-22-10-12-30-24(22)23(25-26)18-7-4-8-21(13-18)29-16-20(28)15-27-11-9-17-5-2-3-6-19(17)14-27/h2-8,10,12-13,20,28H,9,11,14-16H2,1H3/t20-/m1/s1. The number of aromatic nitrogens is 2. The number of rotatable bonds is 6. The van der Waals surface area contributed by atoms with Crippen LogP contribution in [0.2, 0.25) is 0 Å². The van der Waals surface area contributed by atoms with Crippen molar-refractivity contribution in [2.45, 2.75) is 19.1 Å². The van der Waals surface area contributed by atoms with Crippen molar-refractivity contribution in [1.82, 2.24) is 14.7 Å². The first-order valence-corrected chi connectivity index (χ1v) is 11.2. The van der Waals surface area contributed by atoms with Gasteiger partial charge in [0, 0.05) is 32.2 Å². The number of nitrogens with zero attached hydrogens (tertiary/aromatic N) is 3. The molecule has 0 amide bonds. The molecule has 0 bridgehead atoms. The molecule has 30 heavy (non-hydrogen) atoms. The zero-order chi connectivity index (χ0) is 20.5. The van der Waals surface area contributed by atoms with Crippen LogP contribution in [0.25, 0.3) is 21.5 Å². The fourth-order valence-corrected chi connectivity index (χ4v) is 5.08. The summed E-state index contributed by atoms with van der Waals surface area (Å²) in [6.07, 6.45) is 0.505. The van der Waals surface area contributed by atoms with E-state index < -0.39 is 6.10 Å². The second kappa shape index (κ2) is 8.22. The van der Waals surface area contributed by atoms with Crippen molar-refractivity contribution >= 4 is 21.6 Å². The minimum atomic E-state index is -0.530. The van der Waals surface area contributed by atoms with Gasteiger partial charge in [0.05, 0.1) is 10.2 Å². The lowest BCUT2D eigenvalue weighted by Crippen LogP contribution is -2.38. The molecule has 0 radical (unpaired) electrons. The third kappa shape index (κ3) is 3.86. The predicted molar refractivity (Wildman–Crippen MR) is 121 cm³/mol. The average Bonchev–Trinajstić information content (AvgIpc) is 3.37. The van der Waals surface area contributed by atoms with Crippen molar-refractivity contribution in [2.24, 2.45) is 7.05 Å².